The Hall–Kier alpha value is -3.18. The van der Waals surface area contributed by atoms with Crippen molar-refractivity contribution in [2.75, 3.05) is 13.1 Å². The van der Waals surface area contributed by atoms with Crippen LogP contribution < -0.4 is 10.6 Å². The first-order valence-electron chi connectivity index (χ1n) is 8.59. The molecule has 0 saturated heterocycles. The van der Waals surface area contributed by atoms with E-state index < -0.39 is 26.9 Å². The lowest BCUT2D eigenvalue weighted by Gasteiger charge is -2.18. The second-order valence-electron chi connectivity index (χ2n) is 6.17. The standard InChI is InChI=1S/C20H21N3O4S/c1-15-7-5-6-10-17(15)14-28(26,27)18(20(25)22-12-11-21)13-23-19(24)16-8-3-2-4-9-16/h2-10,18H,12-14H2,1H3,(H,22,25)(H,23,24). The minimum Gasteiger partial charge on any atom is -0.350 e. The Labute approximate surface area is 164 Å². The summed E-state index contributed by atoms with van der Waals surface area (Å²) in [5.41, 5.74) is 1.72. The average Bonchev–Trinajstić information content (AvgIpc) is 2.68. The Kier molecular flexibility index (Phi) is 7.29. The minimum absolute atomic E-state index is 0.318. The van der Waals surface area contributed by atoms with Crippen LogP contribution in [0.25, 0.3) is 0 Å². The highest BCUT2D eigenvalue weighted by molar-refractivity contribution is 7.92. The smallest absolute Gasteiger partial charge is 0.251 e. The lowest BCUT2D eigenvalue weighted by atomic mass is 10.1. The van der Waals surface area contributed by atoms with Crippen LogP contribution in [0.5, 0.6) is 0 Å². The maximum atomic E-state index is 12.9. The normalized spacial score (nSPS) is 11.9. The number of carbonyl (C=O) groups excluding carboxylic acids is 2. The summed E-state index contributed by atoms with van der Waals surface area (Å²) in [6.45, 7) is 1.08. The van der Waals surface area contributed by atoms with E-state index in [2.05, 4.69) is 10.6 Å². The summed E-state index contributed by atoms with van der Waals surface area (Å²) in [6, 6.07) is 17.0. The molecule has 0 fully saturated rings. The van der Waals surface area contributed by atoms with Crippen molar-refractivity contribution in [1.29, 1.82) is 5.26 Å². The molecule has 28 heavy (non-hydrogen) atoms. The van der Waals surface area contributed by atoms with Gasteiger partial charge in [0.1, 0.15) is 6.54 Å². The van der Waals surface area contributed by atoms with Crippen LogP contribution in [0, 0.1) is 18.3 Å². The molecule has 2 N–H and O–H groups in total. The monoisotopic (exact) mass is 399 g/mol. The topological polar surface area (TPSA) is 116 Å². The fourth-order valence-corrected chi connectivity index (χ4v) is 4.29. The summed E-state index contributed by atoms with van der Waals surface area (Å²) < 4.78 is 25.8. The van der Waals surface area contributed by atoms with Gasteiger partial charge in [0, 0.05) is 12.1 Å². The van der Waals surface area contributed by atoms with E-state index in [1.807, 2.05) is 0 Å². The largest absolute Gasteiger partial charge is 0.350 e. The third-order valence-electron chi connectivity index (χ3n) is 4.17. The number of rotatable bonds is 8. The van der Waals surface area contributed by atoms with E-state index in [1.165, 1.54) is 0 Å². The number of hydrogen-bond acceptors (Lipinski definition) is 5. The molecule has 146 valence electrons. The lowest BCUT2D eigenvalue weighted by molar-refractivity contribution is -0.120. The van der Waals surface area contributed by atoms with Gasteiger partial charge in [-0.25, -0.2) is 8.42 Å². The van der Waals surface area contributed by atoms with Crippen molar-refractivity contribution in [2.45, 2.75) is 17.9 Å². The van der Waals surface area contributed by atoms with Crippen LogP contribution in [0.1, 0.15) is 21.5 Å². The first-order chi connectivity index (χ1) is 13.3. The second kappa shape index (κ2) is 9.67. The molecule has 1 unspecified atom stereocenters. The third-order valence-corrected chi connectivity index (χ3v) is 6.13. The van der Waals surface area contributed by atoms with Gasteiger partial charge in [0.25, 0.3) is 5.91 Å². The van der Waals surface area contributed by atoms with Gasteiger partial charge >= 0.3 is 0 Å². The van der Waals surface area contributed by atoms with Gasteiger partial charge in [0.05, 0.1) is 11.8 Å². The first-order valence-corrected chi connectivity index (χ1v) is 10.3. The van der Waals surface area contributed by atoms with E-state index >= 15 is 0 Å². The molecule has 0 bridgehead atoms. The Morgan fingerprint density at radius 1 is 1.04 bits per heavy atom. The Bertz CT molecular complexity index is 982. The molecule has 0 aliphatic rings. The number of nitrogens with one attached hydrogen (secondary N) is 2. The van der Waals surface area contributed by atoms with Crippen LogP contribution >= 0.6 is 0 Å². The van der Waals surface area contributed by atoms with E-state index in [9.17, 15) is 18.0 Å². The molecule has 0 heterocycles. The zero-order valence-corrected chi connectivity index (χ0v) is 16.2. The molecule has 7 nitrogen and oxygen atoms in total. The number of hydrogen-bond donors (Lipinski definition) is 2. The molecule has 2 aromatic carbocycles. The highest BCUT2D eigenvalue weighted by atomic mass is 32.2. The van der Waals surface area contributed by atoms with E-state index in [4.69, 9.17) is 5.26 Å². The van der Waals surface area contributed by atoms with Crippen LogP contribution in [0.3, 0.4) is 0 Å². The summed E-state index contributed by atoms with van der Waals surface area (Å²) in [7, 11) is -3.94. The molecule has 0 aromatic heterocycles. The Balaban J connectivity index is 2.20. The van der Waals surface area contributed by atoms with Crippen LogP contribution in [-0.4, -0.2) is 38.6 Å². The van der Waals surface area contributed by atoms with Gasteiger partial charge in [-0.2, -0.15) is 5.26 Å². The molecular formula is C20H21N3O4S. The highest BCUT2D eigenvalue weighted by Gasteiger charge is 2.33. The minimum atomic E-state index is -3.94. The number of nitriles is 1. The van der Waals surface area contributed by atoms with Crippen molar-refractivity contribution in [2.24, 2.45) is 0 Å². The van der Waals surface area contributed by atoms with Crippen molar-refractivity contribution < 1.29 is 18.0 Å². The Morgan fingerprint density at radius 2 is 1.68 bits per heavy atom. The average molecular weight is 399 g/mol. The molecule has 1 atom stereocenters. The number of nitrogens with zero attached hydrogens (tertiary/aromatic N) is 1. The SMILES string of the molecule is Cc1ccccc1CS(=O)(=O)C(CNC(=O)c1ccccc1)C(=O)NCC#N. The summed E-state index contributed by atoms with van der Waals surface area (Å²) in [5.74, 6) is -1.64. The van der Waals surface area contributed by atoms with Gasteiger partial charge in [-0.1, -0.05) is 42.5 Å². The van der Waals surface area contributed by atoms with E-state index in [-0.39, 0.29) is 18.8 Å². The summed E-state index contributed by atoms with van der Waals surface area (Å²) in [5, 5.41) is 11.9. The molecule has 8 heteroatoms. The van der Waals surface area contributed by atoms with Crippen LogP contribution in [-0.2, 0) is 20.4 Å². The summed E-state index contributed by atoms with van der Waals surface area (Å²) in [4.78, 5) is 24.6. The lowest BCUT2D eigenvalue weighted by Crippen LogP contribution is -2.47. The molecule has 2 aromatic rings. The van der Waals surface area contributed by atoms with E-state index in [1.54, 1.807) is 67.6 Å². The number of benzene rings is 2. The van der Waals surface area contributed by atoms with E-state index in [0.717, 1.165) is 5.56 Å². The van der Waals surface area contributed by atoms with Gasteiger partial charge in [-0.3, -0.25) is 9.59 Å². The second-order valence-corrected chi connectivity index (χ2v) is 8.36. The fraction of sp³-hybridized carbons (Fsp3) is 0.250. The van der Waals surface area contributed by atoms with Crippen molar-refractivity contribution in [1.82, 2.24) is 10.6 Å². The summed E-state index contributed by atoms with van der Waals surface area (Å²) >= 11 is 0. The predicted molar refractivity (Wildman–Crippen MR) is 105 cm³/mol. The van der Waals surface area contributed by atoms with Crippen molar-refractivity contribution in [3.63, 3.8) is 0 Å². The molecule has 2 rings (SSSR count). The molecule has 0 radical (unpaired) electrons. The number of aryl methyl sites for hydroxylation is 1. The van der Waals surface area contributed by atoms with Crippen LogP contribution in [0.15, 0.2) is 54.6 Å². The van der Waals surface area contributed by atoms with Gasteiger partial charge in [0.2, 0.25) is 5.91 Å². The van der Waals surface area contributed by atoms with Gasteiger partial charge < -0.3 is 10.6 Å². The fourth-order valence-electron chi connectivity index (χ4n) is 2.59. The quantitative estimate of drug-likeness (QED) is 0.650. The molecule has 0 aliphatic heterocycles. The number of amides is 2. The van der Waals surface area contributed by atoms with E-state index in [0.29, 0.717) is 11.1 Å². The Morgan fingerprint density at radius 3 is 2.32 bits per heavy atom. The van der Waals surface area contributed by atoms with Crippen LogP contribution in [0.2, 0.25) is 0 Å². The maximum Gasteiger partial charge on any atom is 0.251 e. The third kappa shape index (κ3) is 5.66. The number of sulfone groups is 1. The van der Waals surface area contributed by atoms with Gasteiger partial charge in [-0.15, -0.1) is 0 Å². The highest BCUT2D eigenvalue weighted by Crippen LogP contribution is 2.15. The maximum absolute atomic E-state index is 12.9. The zero-order chi connectivity index (χ0) is 20.6. The van der Waals surface area contributed by atoms with Crippen molar-refractivity contribution in [3.8, 4) is 6.07 Å². The summed E-state index contributed by atoms with van der Waals surface area (Å²) in [6.07, 6.45) is 0. The molecule has 0 saturated carbocycles. The van der Waals surface area contributed by atoms with Gasteiger partial charge in [0.15, 0.2) is 15.1 Å². The molecule has 2 amide bonds. The number of carbonyl (C=O) groups is 2. The predicted octanol–water partition coefficient (Wildman–Crippen LogP) is 1.35. The van der Waals surface area contributed by atoms with Gasteiger partial charge in [-0.05, 0) is 30.2 Å². The first kappa shape index (κ1) is 21.1. The van der Waals surface area contributed by atoms with Crippen molar-refractivity contribution >= 4 is 21.7 Å². The molecule has 0 aliphatic carbocycles. The van der Waals surface area contributed by atoms with Crippen molar-refractivity contribution in [3.05, 3.63) is 71.3 Å². The van der Waals surface area contributed by atoms with Crippen LogP contribution in [0.4, 0.5) is 0 Å². The molecule has 0 spiro atoms. The molecular weight excluding hydrogens is 378 g/mol. The zero-order valence-electron chi connectivity index (χ0n) is 15.4.